The average Bonchev–Trinajstić information content (AvgIpc) is 2.96. The van der Waals surface area contributed by atoms with Gasteiger partial charge in [0.1, 0.15) is 12.7 Å². The predicted molar refractivity (Wildman–Crippen MR) is 60.2 cm³/mol. The predicted octanol–water partition coefficient (Wildman–Crippen LogP) is 1.69. The maximum Gasteiger partial charge on any atom is 0.333 e. The summed E-state index contributed by atoms with van der Waals surface area (Å²) in [5, 5.41) is 0. The van der Waals surface area contributed by atoms with Crippen LogP contribution in [0.2, 0.25) is 0 Å². The molecule has 0 aromatic heterocycles. The molecule has 2 aliphatic rings. The number of hydrogen-bond donors (Lipinski definition) is 0. The summed E-state index contributed by atoms with van der Waals surface area (Å²) in [5.74, 6) is -0.337. The number of hydrogen-bond acceptors (Lipinski definition) is 4. The maximum absolute atomic E-state index is 10.7. The van der Waals surface area contributed by atoms with E-state index in [0.717, 1.165) is 6.61 Å². The van der Waals surface area contributed by atoms with Crippen molar-refractivity contribution in [1.82, 2.24) is 0 Å². The van der Waals surface area contributed by atoms with E-state index in [1.54, 1.807) is 6.92 Å². The quantitative estimate of drug-likeness (QED) is 0.417. The first-order valence-corrected chi connectivity index (χ1v) is 5.69. The van der Waals surface area contributed by atoms with Gasteiger partial charge in [0.2, 0.25) is 0 Å². The fourth-order valence-corrected chi connectivity index (χ4v) is 1.06. The molecule has 0 N–H and O–H groups in total. The minimum atomic E-state index is -0.337. The summed E-state index contributed by atoms with van der Waals surface area (Å²) in [7, 11) is 0. The molecule has 0 aromatic rings. The molecular formula is C12H20O4. The van der Waals surface area contributed by atoms with Gasteiger partial charge in [0.15, 0.2) is 0 Å². The van der Waals surface area contributed by atoms with Crippen molar-refractivity contribution >= 4 is 5.97 Å². The Balaban J connectivity index is 0.000000181. The number of carbonyl (C=O) groups is 1. The third kappa shape index (κ3) is 5.28. The molecule has 0 bridgehead atoms. The van der Waals surface area contributed by atoms with Crippen molar-refractivity contribution in [2.24, 2.45) is 0 Å². The average molecular weight is 228 g/mol. The molecule has 4 nitrogen and oxygen atoms in total. The van der Waals surface area contributed by atoms with Crippen LogP contribution in [0.3, 0.4) is 0 Å². The number of rotatable bonds is 4. The summed E-state index contributed by atoms with van der Waals surface area (Å²) in [6.45, 7) is 9.29. The van der Waals surface area contributed by atoms with Crippen LogP contribution in [0, 0.1) is 0 Å². The topological polar surface area (TPSA) is 48.1 Å². The van der Waals surface area contributed by atoms with Gasteiger partial charge in [-0.3, -0.25) is 0 Å². The van der Waals surface area contributed by atoms with Crippen molar-refractivity contribution in [2.45, 2.75) is 38.9 Å². The van der Waals surface area contributed by atoms with E-state index >= 15 is 0 Å². The van der Waals surface area contributed by atoms with Gasteiger partial charge in [-0.2, -0.15) is 0 Å². The highest BCUT2D eigenvalue weighted by Crippen LogP contribution is 2.12. The summed E-state index contributed by atoms with van der Waals surface area (Å²) in [4.78, 5) is 10.7. The Morgan fingerprint density at radius 3 is 2.31 bits per heavy atom. The number of carbonyl (C=O) groups excluding carboxylic acids is 1. The normalized spacial score (nSPS) is 25.9. The molecule has 2 aliphatic heterocycles. The van der Waals surface area contributed by atoms with Crippen molar-refractivity contribution in [3.8, 4) is 0 Å². The molecule has 2 rings (SSSR count). The standard InChI is InChI=1S/C7H10O3.C5H10O/c1-5(2)7(8)10-4-6-3-9-6;1-2-5-3-4-6-5/h6H,1,3-4H2,2H3;5H,2-4H2,1H3. The molecule has 2 unspecified atom stereocenters. The van der Waals surface area contributed by atoms with Gasteiger partial charge in [0.05, 0.1) is 12.7 Å². The molecule has 16 heavy (non-hydrogen) atoms. The van der Waals surface area contributed by atoms with Crippen molar-refractivity contribution in [3.63, 3.8) is 0 Å². The fraction of sp³-hybridized carbons (Fsp3) is 0.750. The largest absolute Gasteiger partial charge is 0.459 e. The van der Waals surface area contributed by atoms with Gasteiger partial charge in [-0.1, -0.05) is 13.5 Å². The van der Waals surface area contributed by atoms with Crippen LogP contribution in [0.5, 0.6) is 0 Å². The molecule has 0 saturated carbocycles. The molecule has 2 atom stereocenters. The summed E-state index contributed by atoms with van der Waals surface area (Å²) in [6.07, 6.45) is 3.24. The summed E-state index contributed by atoms with van der Waals surface area (Å²) < 4.78 is 14.7. The molecule has 2 heterocycles. The first-order valence-electron chi connectivity index (χ1n) is 5.69. The number of epoxide rings is 1. The van der Waals surface area contributed by atoms with Crippen LogP contribution in [0.15, 0.2) is 12.2 Å². The van der Waals surface area contributed by atoms with Crippen molar-refractivity contribution in [3.05, 3.63) is 12.2 Å². The minimum absolute atomic E-state index is 0.142. The van der Waals surface area contributed by atoms with E-state index in [-0.39, 0.29) is 12.1 Å². The summed E-state index contributed by atoms with van der Waals surface area (Å²) in [5.41, 5.74) is 0.431. The second kappa shape index (κ2) is 6.66. The highest BCUT2D eigenvalue weighted by Gasteiger charge is 2.24. The van der Waals surface area contributed by atoms with E-state index in [4.69, 9.17) is 14.2 Å². The maximum atomic E-state index is 10.7. The van der Waals surface area contributed by atoms with E-state index in [9.17, 15) is 4.79 Å². The molecule has 2 fully saturated rings. The molecular weight excluding hydrogens is 208 g/mol. The van der Waals surface area contributed by atoms with Crippen LogP contribution < -0.4 is 0 Å². The first kappa shape index (κ1) is 13.2. The Morgan fingerprint density at radius 1 is 1.44 bits per heavy atom. The second-order valence-corrected chi connectivity index (χ2v) is 4.02. The number of esters is 1. The molecule has 0 radical (unpaired) electrons. The second-order valence-electron chi connectivity index (χ2n) is 4.02. The van der Waals surface area contributed by atoms with Gasteiger partial charge >= 0.3 is 5.97 Å². The van der Waals surface area contributed by atoms with Crippen LogP contribution in [-0.4, -0.2) is 38.0 Å². The van der Waals surface area contributed by atoms with Crippen molar-refractivity contribution in [2.75, 3.05) is 19.8 Å². The van der Waals surface area contributed by atoms with Crippen LogP contribution in [0.25, 0.3) is 0 Å². The van der Waals surface area contributed by atoms with Crippen LogP contribution >= 0.6 is 0 Å². The monoisotopic (exact) mass is 228 g/mol. The Hall–Kier alpha value is -0.870. The van der Waals surface area contributed by atoms with E-state index in [0.29, 0.717) is 24.9 Å². The van der Waals surface area contributed by atoms with Crippen molar-refractivity contribution in [1.29, 1.82) is 0 Å². The Labute approximate surface area is 96.6 Å². The lowest BCUT2D eigenvalue weighted by Crippen LogP contribution is -2.25. The van der Waals surface area contributed by atoms with E-state index < -0.39 is 0 Å². The lowest BCUT2D eigenvalue weighted by atomic mass is 10.1. The van der Waals surface area contributed by atoms with Gasteiger partial charge in [0, 0.05) is 12.2 Å². The van der Waals surface area contributed by atoms with Crippen molar-refractivity contribution < 1.29 is 19.0 Å². The van der Waals surface area contributed by atoms with E-state index in [2.05, 4.69) is 13.5 Å². The molecule has 2 saturated heterocycles. The third-order valence-electron chi connectivity index (χ3n) is 2.40. The summed E-state index contributed by atoms with van der Waals surface area (Å²) >= 11 is 0. The Bertz CT molecular complexity index is 239. The zero-order valence-corrected chi connectivity index (χ0v) is 10.0. The first-order chi connectivity index (χ1) is 7.63. The van der Waals surface area contributed by atoms with E-state index in [1.807, 2.05) is 0 Å². The highest BCUT2D eigenvalue weighted by molar-refractivity contribution is 5.86. The SMILES string of the molecule is C=C(C)C(=O)OCC1CO1.CCC1CCO1. The molecule has 4 heteroatoms. The van der Waals surface area contributed by atoms with Crippen LogP contribution in [0.1, 0.15) is 26.7 Å². The highest BCUT2D eigenvalue weighted by atomic mass is 16.6. The fourth-order valence-electron chi connectivity index (χ4n) is 1.06. The molecule has 0 amide bonds. The lowest BCUT2D eigenvalue weighted by molar-refractivity contribution is -0.139. The molecule has 92 valence electrons. The molecule has 0 aromatic carbocycles. The Kier molecular flexibility index (Phi) is 5.49. The van der Waals surface area contributed by atoms with Gasteiger partial charge in [-0.05, 0) is 19.8 Å². The van der Waals surface area contributed by atoms with Gasteiger partial charge in [0.25, 0.3) is 0 Å². The molecule has 0 aliphatic carbocycles. The number of ether oxygens (including phenoxy) is 3. The van der Waals surface area contributed by atoms with Gasteiger partial charge in [-0.25, -0.2) is 4.79 Å². The molecule has 0 spiro atoms. The summed E-state index contributed by atoms with van der Waals surface area (Å²) in [6, 6.07) is 0. The Morgan fingerprint density at radius 2 is 2.06 bits per heavy atom. The third-order valence-corrected chi connectivity index (χ3v) is 2.40. The smallest absolute Gasteiger partial charge is 0.333 e. The van der Waals surface area contributed by atoms with Gasteiger partial charge in [-0.15, -0.1) is 0 Å². The van der Waals surface area contributed by atoms with Crippen LogP contribution in [0.4, 0.5) is 0 Å². The minimum Gasteiger partial charge on any atom is -0.459 e. The lowest BCUT2D eigenvalue weighted by Gasteiger charge is -2.24. The van der Waals surface area contributed by atoms with Gasteiger partial charge < -0.3 is 14.2 Å². The van der Waals surface area contributed by atoms with E-state index in [1.165, 1.54) is 12.8 Å². The van der Waals surface area contributed by atoms with Crippen LogP contribution in [-0.2, 0) is 19.0 Å². The zero-order valence-electron chi connectivity index (χ0n) is 10.0. The zero-order chi connectivity index (χ0) is 12.0.